The molecule has 0 aliphatic carbocycles. The Kier molecular flexibility index (Phi) is 5.77. The summed E-state index contributed by atoms with van der Waals surface area (Å²) in [6.45, 7) is 9.09. The average molecular weight is 470 g/mol. The third kappa shape index (κ3) is 4.25. The summed E-state index contributed by atoms with van der Waals surface area (Å²) in [5.41, 5.74) is 5.64. The molecule has 4 heterocycles. The zero-order chi connectivity index (χ0) is 21.8. The summed E-state index contributed by atoms with van der Waals surface area (Å²) in [6, 6.07) is 7.64. The molecular weight excluding hydrogens is 442 g/mol. The molecule has 1 aliphatic rings. The number of aromatic amines is 1. The predicted molar refractivity (Wildman–Crippen MR) is 133 cm³/mol. The van der Waals surface area contributed by atoms with Gasteiger partial charge in [-0.25, -0.2) is 0 Å². The van der Waals surface area contributed by atoms with Crippen LogP contribution in [0.2, 0.25) is 0 Å². The van der Waals surface area contributed by atoms with Crippen molar-refractivity contribution in [1.29, 1.82) is 0 Å². The summed E-state index contributed by atoms with van der Waals surface area (Å²) in [6.07, 6.45) is 5.68. The molecule has 0 spiro atoms. The van der Waals surface area contributed by atoms with Gasteiger partial charge in [-0.2, -0.15) is 5.10 Å². The molecule has 0 saturated carbocycles. The van der Waals surface area contributed by atoms with E-state index in [1.54, 1.807) is 29.8 Å². The van der Waals surface area contributed by atoms with Crippen molar-refractivity contribution >= 4 is 34.0 Å². The van der Waals surface area contributed by atoms with E-state index < -0.39 is 0 Å². The quantitative estimate of drug-likeness (QED) is 0.347. The Morgan fingerprint density at radius 1 is 1.03 bits per heavy atom. The smallest absolute Gasteiger partial charge is 0.125 e. The second kappa shape index (κ2) is 8.14. The number of aromatic nitrogens is 4. The summed E-state index contributed by atoms with van der Waals surface area (Å²) in [4.78, 5) is 0. The Hall–Kier alpha value is -2.48. The molecule has 0 radical (unpaired) electrons. The summed E-state index contributed by atoms with van der Waals surface area (Å²) < 4.78 is 1.10. The highest BCUT2D eigenvalue weighted by atomic mass is 35.5. The van der Waals surface area contributed by atoms with E-state index in [4.69, 9.17) is 0 Å². The van der Waals surface area contributed by atoms with Gasteiger partial charge in [-0.1, -0.05) is 6.07 Å². The van der Waals surface area contributed by atoms with Crippen LogP contribution >= 0.6 is 23.7 Å². The van der Waals surface area contributed by atoms with Gasteiger partial charge in [0.25, 0.3) is 0 Å². The van der Waals surface area contributed by atoms with Crippen molar-refractivity contribution < 1.29 is 5.11 Å². The van der Waals surface area contributed by atoms with E-state index in [2.05, 4.69) is 58.8 Å². The first-order chi connectivity index (χ1) is 14.7. The highest BCUT2D eigenvalue weighted by molar-refractivity contribution is 7.17. The SMILES string of the molecule is CC1(C)CC(c2csc3cc(-c4ccc(-c5cn[nH]c5)cc4O)nnc23)CC(C)(C)N1.Cl. The van der Waals surface area contributed by atoms with Crippen molar-refractivity contribution in [3.63, 3.8) is 0 Å². The van der Waals surface area contributed by atoms with E-state index in [1.807, 2.05) is 18.2 Å². The van der Waals surface area contributed by atoms with Gasteiger partial charge in [-0.15, -0.1) is 33.9 Å². The van der Waals surface area contributed by atoms with Crippen molar-refractivity contribution in [2.45, 2.75) is 57.5 Å². The molecule has 8 heteroatoms. The van der Waals surface area contributed by atoms with Crippen molar-refractivity contribution in [2.24, 2.45) is 0 Å². The van der Waals surface area contributed by atoms with Crippen LogP contribution in [0, 0.1) is 0 Å². The second-order valence-corrected chi connectivity index (χ2v) is 10.8. The van der Waals surface area contributed by atoms with E-state index in [0.29, 0.717) is 17.2 Å². The van der Waals surface area contributed by atoms with E-state index in [-0.39, 0.29) is 29.2 Å². The Morgan fingerprint density at radius 3 is 2.44 bits per heavy atom. The molecule has 0 bridgehead atoms. The number of H-pyrrole nitrogens is 1. The third-order valence-corrected chi connectivity index (χ3v) is 7.02. The molecular formula is C24H28ClN5OS. The van der Waals surface area contributed by atoms with Gasteiger partial charge < -0.3 is 10.4 Å². The first-order valence-electron chi connectivity index (χ1n) is 10.6. The number of aromatic hydroxyl groups is 1. The predicted octanol–water partition coefficient (Wildman–Crippen LogP) is 5.90. The summed E-state index contributed by atoms with van der Waals surface area (Å²) >= 11 is 1.71. The highest BCUT2D eigenvalue weighted by Crippen LogP contribution is 2.43. The molecule has 168 valence electrons. The zero-order valence-electron chi connectivity index (χ0n) is 18.6. The number of thiophene rings is 1. The Balaban J connectivity index is 0.00000245. The zero-order valence-corrected chi connectivity index (χ0v) is 20.3. The van der Waals surface area contributed by atoms with E-state index in [0.717, 1.165) is 34.2 Å². The number of nitrogens with zero attached hydrogens (tertiary/aromatic N) is 3. The van der Waals surface area contributed by atoms with Crippen molar-refractivity contribution in [1.82, 2.24) is 25.7 Å². The Morgan fingerprint density at radius 2 is 1.78 bits per heavy atom. The van der Waals surface area contributed by atoms with Crippen molar-refractivity contribution in [3.05, 3.63) is 47.6 Å². The third-order valence-electron chi connectivity index (χ3n) is 6.08. The number of fused-ring (bicyclic) bond motifs is 1. The molecule has 1 saturated heterocycles. The lowest BCUT2D eigenvalue weighted by molar-refractivity contribution is 0.162. The normalized spacial score (nSPS) is 17.9. The first kappa shape index (κ1) is 22.7. The van der Waals surface area contributed by atoms with Crippen LogP contribution in [0.15, 0.2) is 42.0 Å². The average Bonchev–Trinajstić information content (AvgIpc) is 3.35. The largest absolute Gasteiger partial charge is 0.507 e. The van der Waals surface area contributed by atoms with E-state index in [1.165, 1.54) is 5.56 Å². The molecule has 4 aromatic rings. The maximum Gasteiger partial charge on any atom is 0.125 e. The number of piperidine rings is 1. The molecule has 1 aromatic carbocycles. The van der Waals surface area contributed by atoms with Gasteiger partial charge in [0, 0.05) is 28.4 Å². The van der Waals surface area contributed by atoms with Crippen LogP contribution in [-0.4, -0.2) is 36.6 Å². The van der Waals surface area contributed by atoms with Crippen LogP contribution in [0.1, 0.15) is 52.0 Å². The summed E-state index contributed by atoms with van der Waals surface area (Å²) in [7, 11) is 0. The van der Waals surface area contributed by atoms with Crippen LogP contribution in [0.4, 0.5) is 0 Å². The molecule has 32 heavy (non-hydrogen) atoms. The maximum atomic E-state index is 10.6. The van der Waals surface area contributed by atoms with E-state index >= 15 is 0 Å². The number of halogens is 1. The number of phenols is 1. The molecule has 1 aliphatic heterocycles. The minimum absolute atomic E-state index is 0. The summed E-state index contributed by atoms with van der Waals surface area (Å²) in [5, 5.41) is 32.5. The van der Waals surface area contributed by atoms with Gasteiger partial charge in [-0.05, 0) is 81.2 Å². The number of phenolic OH excluding ortho intramolecular Hbond substituents is 1. The fourth-order valence-corrected chi connectivity index (χ4v) is 6.16. The molecule has 0 amide bonds. The lowest BCUT2D eigenvalue weighted by Crippen LogP contribution is -2.57. The van der Waals surface area contributed by atoms with Crippen LogP contribution < -0.4 is 5.32 Å². The van der Waals surface area contributed by atoms with Gasteiger partial charge in [0.15, 0.2) is 0 Å². The monoisotopic (exact) mass is 469 g/mol. The minimum Gasteiger partial charge on any atom is -0.507 e. The highest BCUT2D eigenvalue weighted by Gasteiger charge is 2.39. The number of hydrogen-bond acceptors (Lipinski definition) is 6. The topological polar surface area (TPSA) is 86.7 Å². The van der Waals surface area contributed by atoms with Crippen molar-refractivity contribution in [2.75, 3.05) is 0 Å². The fourth-order valence-electron chi connectivity index (χ4n) is 5.15. The van der Waals surface area contributed by atoms with Gasteiger partial charge in [0.2, 0.25) is 0 Å². The van der Waals surface area contributed by atoms with Crippen LogP contribution in [0.5, 0.6) is 5.75 Å². The van der Waals surface area contributed by atoms with E-state index in [9.17, 15) is 5.11 Å². The van der Waals surface area contributed by atoms with Gasteiger partial charge in [0.1, 0.15) is 11.3 Å². The lowest BCUT2D eigenvalue weighted by Gasteiger charge is -2.46. The fraction of sp³-hybridized carbons (Fsp3) is 0.375. The van der Waals surface area contributed by atoms with Gasteiger partial charge in [0.05, 0.1) is 16.6 Å². The number of hydrogen-bond donors (Lipinski definition) is 3. The Bertz CT molecular complexity index is 1230. The standard InChI is InChI=1S/C24H27N5OS.ClH/c1-23(2)9-15(10-24(3,4)29-23)18-13-31-21-8-19(27-28-22(18)21)17-6-5-14(7-20(17)30)16-11-25-26-12-16;/h5-8,11-13,15,29-30H,9-10H2,1-4H3,(H,25,26);1H. The molecule has 3 aromatic heterocycles. The first-order valence-corrected chi connectivity index (χ1v) is 11.5. The van der Waals surface area contributed by atoms with Gasteiger partial charge >= 0.3 is 0 Å². The van der Waals surface area contributed by atoms with Crippen LogP contribution in [0.3, 0.4) is 0 Å². The molecule has 1 fully saturated rings. The second-order valence-electron chi connectivity index (χ2n) is 9.85. The van der Waals surface area contributed by atoms with Crippen LogP contribution in [-0.2, 0) is 0 Å². The molecule has 3 N–H and O–H groups in total. The molecule has 0 atom stereocenters. The number of rotatable bonds is 3. The number of nitrogens with one attached hydrogen (secondary N) is 2. The minimum atomic E-state index is 0. The summed E-state index contributed by atoms with van der Waals surface area (Å²) in [5.74, 6) is 0.633. The van der Waals surface area contributed by atoms with Crippen LogP contribution in [0.25, 0.3) is 32.6 Å². The van der Waals surface area contributed by atoms with Gasteiger partial charge in [-0.3, -0.25) is 5.10 Å². The van der Waals surface area contributed by atoms with Crippen molar-refractivity contribution in [3.8, 4) is 28.1 Å². The maximum absolute atomic E-state index is 10.6. The lowest BCUT2D eigenvalue weighted by atomic mass is 9.73. The Labute approximate surface area is 197 Å². The molecule has 5 rings (SSSR count). The number of benzene rings is 1. The molecule has 0 unspecified atom stereocenters. The molecule has 6 nitrogen and oxygen atoms in total.